The van der Waals surface area contributed by atoms with E-state index in [0.717, 1.165) is 16.9 Å². The third-order valence-electron chi connectivity index (χ3n) is 6.65. The van der Waals surface area contributed by atoms with E-state index in [4.69, 9.17) is 11.6 Å². The maximum atomic E-state index is 13.8. The van der Waals surface area contributed by atoms with Crippen LogP contribution in [0.25, 0.3) is 0 Å². The Morgan fingerprint density at radius 3 is 2.21 bits per heavy atom. The van der Waals surface area contributed by atoms with Gasteiger partial charge in [0.1, 0.15) is 11.8 Å². The van der Waals surface area contributed by atoms with Crippen LogP contribution < -0.4 is 15.1 Å². The van der Waals surface area contributed by atoms with Crippen molar-refractivity contribution in [3.05, 3.63) is 110 Å². The Morgan fingerprint density at radius 2 is 1.53 bits per heavy atom. The molecule has 1 N–H and O–H groups in total. The van der Waals surface area contributed by atoms with Crippen LogP contribution in [0.15, 0.2) is 94.7 Å². The van der Waals surface area contributed by atoms with Crippen molar-refractivity contribution in [3.8, 4) is 0 Å². The molecule has 190 valence electrons. The number of nitrogens with one attached hydrogen (secondary N) is 1. The van der Waals surface area contributed by atoms with Crippen molar-refractivity contribution in [2.45, 2.75) is 22.7 Å². The summed E-state index contributed by atoms with van der Waals surface area (Å²) in [5.74, 6) is -2.21. The molecular weight excluding hydrogens is 542 g/mol. The SMILES string of the molecule is O=C(Cn1c2c(sc1=O)[C@@H](c1ccccc1)[C@H]1C(=O)N(c3ccc(Cl)cc3)C(=O)[C@H]1S2)Nc1ccccc1. The van der Waals surface area contributed by atoms with Crippen LogP contribution in [0.3, 0.4) is 0 Å². The fraction of sp³-hybridized carbons (Fsp3) is 0.143. The molecule has 4 aromatic rings. The maximum absolute atomic E-state index is 13.8. The van der Waals surface area contributed by atoms with Crippen molar-refractivity contribution >= 4 is 63.8 Å². The first-order valence-corrected chi connectivity index (χ1v) is 13.9. The summed E-state index contributed by atoms with van der Waals surface area (Å²) in [6, 6.07) is 25.0. The molecule has 0 unspecified atom stereocenters. The Morgan fingerprint density at radius 1 is 0.868 bits per heavy atom. The van der Waals surface area contributed by atoms with Crippen molar-refractivity contribution < 1.29 is 14.4 Å². The van der Waals surface area contributed by atoms with Crippen LogP contribution in [0.2, 0.25) is 5.02 Å². The highest BCUT2D eigenvalue weighted by atomic mass is 35.5. The highest BCUT2D eigenvalue weighted by Crippen LogP contribution is 2.53. The highest BCUT2D eigenvalue weighted by Gasteiger charge is 2.56. The Labute approximate surface area is 231 Å². The Hall–Kier alpha value is -3.66. The Balaban J connectivity index is 1.41. The molecule has 2 aliphatic heterocycles. The summed E-state index contributed by atoms with van der Waals surface area (Å²) in [5, 5.41) is 3.12. The van der Waals surface area contributed by atoms with Gasteiger partial charge in [0.15, 0.2) is 0 Å². The molecule has 3 atom stereocenters. The number of carbonyl (C=O) groups excluding carboxylic acids is 3. The van der Waals surface area contributed by atoms with Crippen molar-refractivity contribution in [3.63, 3.8) is 0 Å². The molecule has 0 aliphatic carbocycles. The van der Waals surface area contributed by atoms with Gasteiger partial charge in [-0.2, -0.15) is 0 Å². The molecule has 2 aliphatic rings. The minimum absolute atomic E-state index is 0.200. The number of anilines is 2. The number of thiazole rings is 1. The zero-order valence-corrected chi connectivity index (χ0v) is 22.1. The largest absolute Gasteiger partial charge is 0.325 e. The summed E-state index contributed by atoms with van der Waals surface area (Å²) in [4.78, 5) is 55.1. The number of para-hydroxylation sites is 1. The molecule has 7 nitrogen and oxygen atoms in total. The first kappa shape index (κ1) is 24.7. The summed E-state index contributed by atoms with van der Waals surface area (Å²) in [6.07, 6.45) is 0. The monoisotopic (exact) mass is 561 g/mol. The summed E-state index contributed by atoms with van der Waals surface area (Å²) in [6.45, 7) is -0.200. The minimum Gasteiger partial charge on any atom is -0.325 e. The van der Waals surface area contributed by atoms with E-state index in [1.54, 1.807) is 36.4 Å². The van der Waals surface area contributed by atoms with Crippen LogP contribution in [0.5, 0.6) is 0 Å². The van der Waals surface area contributed by atoms with Gasteiger partial charge in [-0.25, -0.2) is 4.90 Å². The maximum Gasteiger partial charge on any atom is 0.308 e. The normalized spacial score (nSPS) is 20.2. The lowest BCUT2D eigenvalue weighted by Crippen LogP contribution is -2.33. The van der Waals surface area contributed by atoms with Gasteiger partial charge in [-0.3, -0.25) is 23.7 Å². The summed E-state index contributed by atoms with van der Waals surface area (Å²) >= 11 is 8.25. The Bertz CT molecular complexity index is 1600. The number of nitrogens with zero attached hydrogens (tertiary/aromatic N) is 2. The van der Waals surface area contributed by atoms with Gasteiger partial charge in [0, 0.05) is 21.5 Å². The lowest BCUT2D eigenvalue weighted by molar-refractivity contribution is -0.122. The number of hydrogen-bond donors (Lipinski definition) is 1. The predicted molar refractivity (Wildman–Crippen MR) is 149 cm³/mol. The molecular formula is C28H20ClN3O4S2. The molecule has 1 fully saturated rings. The van der Waals surface area contributed by atoms with Crippen LogP contribution >= 0.6 is 34.7 Å². The zero-order chi connectivity index (χ0) is 26.4. The zero-order valence-electron chi connectivity index (χ0n) is 19.7. The van der Waals surface area contributed by atoms with Crippen molar-refractivity contribution in [1.82, 2.24) is 4.57 Å². The van der Waals surface area contributed by atoms with Crippen molar-refractivity contribution in [1.29, 1.82) is 0 Å². The number of rotatable bonds is 5. The number of carbonyl (C=O) groups is 3. The molecule has 3 amide bonds. The molecule has 38 heavy (non-hydrogen) atoms. The standard InChI is InChI=1S/C28H20ClN3O4S2/c29-17-11-13-19(14-12-17)32-25(34)22-21(16-7-3-1-4-8-16)24-27(37-23(22)26(32)35)31(28(36)38-24)15-20(33)30-18-9-5-2-6-10-18/h1-14,21-23H,15H2,(H,30,33)/t21-,22+,23-/m0/s1. The van der Waals surface area contributed by atoms with Crippen LogP contribution in [0, 0.1) is 5.92 Å². The van der Waals surface area contributed by atoms with Gasteiger partial charge in [-0.15, -0.1) is 0 Å². The van der Waals surface area contributed by atoms with Crippen molar-refractivity contribution in [2.24, 2.45) is 5.92 Å². The second-order valence-corrected chi connectivity index (χ2v) is 11.5. The van der Waals surface area contributed by atoms with Crippen LogP contribution in [0.4, 0.5) is 11.4 Å². The summed E-state index contributed by atoms with van der Waals surface area (Å²) in [7, 11) is 0. The van der Waals surface area contributed by atoms with E-state index in [1.165, 1.54) is 21.2 Å². The first-order chi connectivity index (χ1) is 18.4. The van der Waals surface area contributed by atoms with Gasteiger partial charge in [-0.1, -0.05) is 83.2 Å². The molecule has 10 heteroatoms. The average molecular weight is 562 g/mol. The van der Waals surface area contributed by atoms with Crippen molar-refractivity contribution in [2.75, 3.05) is 10.2 Å². The minimum atomic E-state index is -0.742. The average Bonchev–Trinajstić information content (AvgIpc) is 3.36. The van der Waals surface area contributed by atoms with Gasteiger partial charge in [0.2, 0.25) is 17.7 Å². The second-order valence-electron chi connectivity index (χ2n) is 8.98. The number of imide groups is 1. The lowest BCUT2D eigenvalue weighted by Gasteiger charge is -2.30. The summed E-state index contributed by atoms with van der Waals surface area (Å²) in [5.41, 5.74) is 1.92. The third kappa shape index (κ3) is 4.26. The molecule has 1 saturated heterocycles. The molecule has 0 saturated carbocycles. The van der Waals surface area contributed by atoms with Gasteiger partial charge in [0.25, 0.3) is 0 Å². The fourth-order valence-corrected chi connectivity index (χ4v) is 7.88. The number of thioether (sulfide) groups is 1. The molecule has 6 rings (SSSR count). The van der Waals surface area contributed by atoms with E-state index in [-0.39, 0.29) is 29.1 Å². The summed E-state index contributed by atoms with van der Waals surface area (Å²) < 4.78 is 1.41. The Kier molecular flexibility index (Phi) is 6.43. The van der Waals surface area contributed by atoms with Gasteiger partial charge >= 0.3 is 4.87 Å². The number of aromatic nitrogens is 1. The topological polar surface area (TPSA) is 88.5 Å². The molecule has 1 aromatic heterocycles. The number of halogens is 1. The smallest absolute Gasteiger partial charge is 0.308 e. The van der Waals surface area contributed by atoms with E-state index in [0.29, 0.717) is 26.3 Å². The molecule has 0 spiro atoms. The first-order valence-electron chi connectivity index (χ1n) is 11.9. The number of benzene rings is 3. The fourth-order valence-electron chi connectivity index (χ4n) is 4.99. The van der Waals surface area contributed by atoms with E-state index >= 15 is 0 Å². The van der Waals surface area contributed by atoms with E-state index in [9.17, 15) is 19.2 Å². The number of amides is 3. The highest BCUT2D eigenvalue weighted by molar-refractivity contribution is 8.00. The quantitative estimate of drug-likeness (QED) is 0.347. The third-order valence-corrected chi connectivity index (χ3v) is 9.51. The second kappa shape index (κ2) is 9.90. The van der Waals surface area contributed by atoms with Crippen LogP contribution in [0.1, 0.15) is 16.4 Å². The van der Waals surface area contributed by atoms with Crippen LogP contribution in [-0.2, 0) is 20.9 Å². The molecule has 0 bridgehead atoms. The lowest BCUT2D eigenvalue weighted by atomic mass is 9.83. The number of hydrogen-bond acceptors (Lipinski definition) is 6. The van der Waals surface area contributed by atoms with Gasteiger partial charge in [-0.05, 0) is 42.0 Å². The predicted octanol–water partition coefficient (Wildman–Crippen LogP) is 5.00. The van der Waals surface area contributed by atoms with Gasteiger partial charge in [0.05, 0.1) is 16.6 Å². The number of fused-ring (bicyclic) bond motifs is 2. The molecule has 0 radical (unpaired) electrons. The van der Waals surface area contributed by atoms with E-state index in [1.807, 2.05) is 48.5 Å². The molecule has 3 aromatic carbocycles. The molecule has 3 heterocycles. The van der Waals surface area contributed by atoms with E-state index < -0.39 is 17.1 Å². The van der Waals surface area contributed by atoms with Crippen LogP contribution in [-0.4, -0.2) is 27.5 Å². The van der Waals surface area contributed by atoms with E-state index in [2.05, 4.69) is 5.32 Å². The van der Waals surface area contributed by atoms with Gasteiger partial charge < -0.3 is 5.32 Å².